The lowest BCUT2D eigenvalue weighted by molar-refractivity contribution is 0.0372. The van der Waals surface area contributed by atoms with Gasteiger partial charge in [0.05, 0.1) is 6.10 Å². The number of ether oxygens (including phenoxy) is 2. The summed E-state index contributed by atoms with van der Waals surface area (Å²) in [7, 11) is 0. The summed E-state index contributed by atoms with van der Waals surface area (Å²) in [6.45, 7) is 6.12. The molecule has 1 N–H and O–H groups in total. The van der Waals surface area contributed by atoms with E-state index in [1.54, 1.807) is 0 Å². The minimum Gasteiger partial charge on any atom is -0.381 e. The van der Waals surface area contributed by atoms with E-state index in [0.29, 0.717) is 12.1 Å². The summed E-state index contributed by atoms with van der Waals surface area (Å²) in [5.74, 6) is 0.790. The van der Waals surface area contributed by atoms with Crippen LogP contribution in [0.3, 0.4) is 0 Å². The van der Waals surface area contributed by atoms with Crippen molar-refractivity contribution in [3.8, 4) is 0 Å². The van der Waals surface area contributed by atoms with Crippen LogP contribution >= 0.6 is 0 Å². The van der Waals surface area contributed by atoms with E-state index < -0.39 is 0 Å². The maximum Gasteiger partial charge on any atom is 0.0590 e. The number of nitrogens with one attached hydrogen (secondary N) is 1. The predicted octanol–water partition coefficient (Wildman–Crippen LogP) is 1.96. The van der Waals surface area contributed by atoms with Gasteiger partial charge in [-0.1, -0.05) is 6.92 Å². The normalized spacial score (nSPS) is 29.4. The van der Waals surface area contributed by atoms with Crippen molar-refractivity contribution in [2.45, 2.75) is 51.2 Å². The van der Waals surface area contributed by atoms with Gasteiger partial charge in [-0.25, -0.2) is 0 Å². The molecule has 0 bridgehead atoms. The number of rotatable bonds is 5. The molecule has 0 saturated carbocycles. The van der Waals surface area contributed by atoms with Gasteiger partial charge in [0.2, 0.25) is 0 Å². The van der Waals surface area contributed by atoms with E-state index in [0.717, 1.165) is 32.3 Å². The molecule has 0 aromatic rings. The summed E-state index contributed by atoms with van der Waals surface area (Å²) in [6.07, 6.45) is 6.63. The monoisotopic (exact) mass is 227 g/mol. The Morgan fingerprint density at radius 2 is 2.00 bits per heavy atom. The average molecular weight is 227 g/mol. The van der Waals surface area contributed by atoms with Gasteiger partial charge in [-0.05, 0) is 44.6 Å². The summed E-state index contributed by atoms with van der Waals surface area (Å²) in [5, 5.41) is 3.64. The van der Waals surface area contributed by atoms with Crippen molar-refractivity contribution < 1.29 is 9.47 Å². The molecule has 0 aromatic heterocycles. The third kappa shape index (κ3) is 3.44. The van der Waals surface area contributed by atoms with E-state index in [-0.39, 0.29) is 0 Å². The Morgan fingerprint density at radius 1 is 1.19 bits per heavy atom. The molecular formula is C13H25NO2. The van der Waals surface area contributed by atoms with Crippen LogP contribution in [0, 0.1) is 5.92 Å². The Kier molecular flexibility index (Phi) is 5.07. The molecule has 0 radical (unpaired) electrons. The summed E-state index contributed by atoms with van der Waals surface area (Å²) >= 11 is 0. The van der Waals surface area contributed by atoms with Gasteiger partial charge in [-0.2, -0.15) is 0 Å². The molecule has 2 saturated heterocycles. The van der Waals surface area contributed by atoms with Crippen LogP contribution in [-0.2, 0) is 9.47 Å². The maximum atomic E-state index is 5.75. The van der Waals surface area contributed by atoms with Gasteiger partial charge in [0.1, 0.15) is 0 Å². The van der Waals surface area contributed by atoms with E-state index in [4.69, 9.17) is 9.47 Å². The van der Waals surface area contributed by atoms with E-state index in [1.165, 1.54) is 32.1 Å². The molecule has 3 nitrogen and oxygen atoms in total. The smallest absolute Gasteiger partial charge is 0.0590 e. The van der Waals surface area contributed by atoms with Crippen molar-refractivity contribution in [2.75, 3.05) is 26.4 Å². The second kappa shape index (κ2) is 6.58. The third-order valence-corrected chi connectivity index (χ3v) is 3.84. The standard InChI is InChI=1S/C13H25NO2/c1-2-14-13(10-12-4-3-7-16-12)11-5-8-15-9-6-11/h11-14H,2-10H2,1H3. The first kappa shape index (κ1) is 12.3. The predicted molar refractivity (Wildman–Crippen MR) is 64.6 cm³/mol. The van der Waals surface area contributed by atoms with Crippen molar-refractivity contribution in [3.63, 3.8) is 0 Å². The van der Waals surface area contributed by atoms with Gasteiger partial charge < -0.3 is 14.8 Å². The van der Waals surface area contributed by atoms with Gasteiger partial charge >= 0.3 is 0 Å². The Balaban J connectivity index is 1.82. The highest BCUT2D eigenvalue weighted by molar-refractivity contribution is 4.82. The summed E-state index contributed by atoms with van der Waals surface area (Å²) in [5.41, 5.74) is 0. The molecule has 0 aliphatic carbocycles. The lowest BCUT2D eigenvalue weighted by atomic mass is 9.87. The zero-order valence-corrected chi connectivity index (χ0v) is 10.4. The third-order valence-electron chi connectivity index (χ3n) is 3.84. The second-order valence-corrected chi connectivity index (χ2v) is 4.98. The van der Waals surface area contributed by atoms with Crippen molar-refractivity contribution in [1.82, 2.24) is 5.32 Å². The minimum absolute atomic E-state index is 0.506. The molecule has 0 aromatic carbocycles. The average Bonchev–Trinajstić information content (AvgIpc) is 2.83. The first-order chi connectivity index (χ1) is 7.90. The molecule has 16 heavy (non-hydrogen) atoms. The lowest BCUT2D eigenvalue weighted by Crippen LogP contribution is -2.41. The van der Waals surface area contributed by atoms with Crippen molar-refractivity contribution in [2.24, 2.45) is 5.92 Å². The molecule has 2 fully saturated rings. The molecule has 2 rings (SSSR count). The summed E-state index contributed by atoms with van der Waals surface area (Å²) in [6, 6.07) is 0.636. The Hall–Kier alpha value is -0.120. The van der Waals surface area contributed by atoms with E-state index >= 15 is 0 Å². The SMILES string of the molecule is CCNC(CC1CCCO1)C1CCOCC1. The van der Waals surface area contributed by atoms with Crippen LogP contribution in [0.4, 0.5) is 0 Å². The Labute approximate surface area is 98.9 Å². The largest absolute Gasteiger partial charge is 0.381 e. The molecule has 2 aliphatic rings. The fraction of sp³-hybridized carbons (Fsp3) is 1.00. The first-order valence-electron chi connectivity index (χ1n) is 6.83. The van der Waals surface area contributed by atoms with Crippen molar-refractivity contribution >= 4 is 0 Å². The van der Waals surface area contributed by atoms with Crippen LogP contribution in [0.2, 0.25) is 0 Å². The minimum atomic E-state index is 0.506. The van der Waals surface area contributed by atoms with E-state index in [1.807, 2.05) is 0 Å². The molecule has 0 amide bonds. The lowest BCUT2D eigenvalue weighted by Gasteiger charge is -2.32. The fourth-order valence-electron chi connectivity index (χ4n) is 2.94. The van der Waals surface area contributed by atoms with E-state index in [2.05, 4.69) is 12.2 Å². The van der Waals surface area contributed by atoms with Crippen LogP contribution in [0.25, 0.3) is 0 Å². The Bertz CT molecular complexity index is 186. The van der Waals surface area contributed by atoms with Gasteiger partial charge in [0.25, 0.3) is 0 Å². The zero-order valence-electron chi connectivity index (χ0n) is 10.4. The van der Waals surface area contributed by atoms with Crippen LogP contribution in [0.15, 0.2) is 0 Å². The molecular weight excluding hydrogens is 202 g/mol. The number of hydrogen-bond acceptors (Lipinski definition) is 3. The summed E-state index contributed by atoms with van der Waals surface area (Å²) < 4.78 is 11.2. The van der Waals surface area contributed by atoms with Crippen LogP contribution in [0.1, 0.15) is 39.0 Å². The fourth-order valence-corrected chi connectivity index (χ4v) is 2.94. The van der Waals surface area contributed by atoms with Gasteiger partial charge in [-0.15, -0.1) is 0 Å². The highest BCUT2D eigenvalue weighted by atomic mass is 16.5. The summed E-state index contributed by atoms with van der Waals surface area (Å²) in [4.78, 5) is 0. The zero-order chi connectivity index (χ0) is 11.2. The van der Waals surface area contributed by atoms with Gasteiger partial charge in [0.15, 0.2) is 0 Å². The Morgan fingerprint density at radius 3 is 2.62 bits per heavy atom. The molecule has 2 unspecified atom stereocenters. The van der Waals surface area contributed by atoms with Crippen molar-refractivity contribution in [3.05, 3.63) is 0 Å². The highest BCUT2D eigenvalue weighted by Crippen LogP contribution is 2.25. The molecule has 2 aliphatic heterocycles. The quantitative estimate of drug-likeness (QED) is 0.779. The van der Waals surface area contributed by atoms with Crippen LogP contribution in [-0.4, -0.2) is 38.5 Å². The molecule has 2 atom stereocenters. The van der Waals surface area contributed by atoms with E-state index in [9.17, 15) is 0 Å². The first-order valence-corrected chi connectivity index (χ1v) is 6.83. The number of hydrogen-bond donors (Lipinski definition) is 1. The molecule has 94 valence electrons. The topological polar surface area (TPSA) is 30.5 Å². The van der Waals surface area contributed by atoms with Gasteiger partial charge in [0, 0.05) is 25.9 Å². The second-order valence-electron chi connectivity index (χ2n) is 4.98. The molecule has 2 heterocycles. The van der Waals surface area contributed by atoms with Crippen LogP contribution < -0.4 is 5.32 Å². The maximum absolute atomic E-state index is 5.75. The molecule has 0 spiro atoms. The highest BCUT2D eigenvalue weighted by Gasteiger charge is 2.27. The molecule has 3 heteroatoms. The van der Waals surface area contributed by atoms with Gasteiger partial charge in [-0.3, -0.25) is 0 Å². The van der Waals surface area contributed by atoms with Crippen LogP contribution in [0.5, 0.6) is 0 Å². The van der Waals surface area contributed by atoms with Crippen molar-refractivity contribution in [1.29, 1.82) is 0 Å².